The standard InChI is InChI=1S/C16H16Br2/c1-2-3-12-4-6-13(7-5-12)16(18)14-8-10-15(17)11-9-14/h4-11,16H,2-3H2,1H3. The molecule has 0 fully saturated rings. The van der Waals surface area contributed by atoms with Crippen LogP contribution in [0.4, 0.5) is 0 Å². The van der Waals surface area contributed by atoms with E-state index in [4.69, 9.17) is 0 Å². The van der Waals surface area contributed by atoms with Gasteiger partial charge in [-0.2, -0.15) is 0 Å². The highest BCUT2D eigenvalue weighted by atomic mass is 79.9. The summed E-state index contributed by atoms with van der Waals surface area (Å²) in [5.41, 5.74) is 4.00. The van der Waals surface area contributed by atoms with Gasteiger partial charge in [0.1, 0.15) is 0 Å². The first kappa shape index (κ1) is 13.8. The zero-order valence-electron chi connectivity index (χ0n) is 10.4. The highest BCUT2D eigenvalue weighted by Gasteiger charge is 2.09. The lowest BCUT2D eigenvalue weighted by Gasteiger charge is -2.11. The van der Waals surface area contributed by atoms with Crippen LogP contribution >= 0.6 is 31.9 Å². The fraction of sp³-hybridized carbons (Fsp3) is 0.250. The molecule has 2 rings (SSSR count). The lowest BCUT2D eigenvalue weighted by atomic mass is 10.0. The van der Waals surface area contributed by atoms with Gasteiger partial charge in [0.2, 0.25) is 0 Å². The van der Waals surface area contributed by atoms with Gasteiger partial charge in [0.25, 0.3) is 0 Å². The molecule has 0 saturated heterocycles. The molecule has 0 nitrogen and oxygen atoms in total. The number of hydrogen-bond donors (Lipinski definition) is 0. The van der Waals surface area contributed by atoms with Crippen LogP contribution in [0.5, 0.6) is 0 Å². The lowest BCUT2D eigenvalue weighted by Crippen LogP contribution is -1.93. The van der Waals surface area contributed by atoms with Crippen molar-refractivity contribution in [2.45, 2.75) is 24.6 Å². The summed E-state index contributed by atoms with van der Waals surface area (Å²) in [7, 11) is 0. The van der Waals surface area contributed by atoms with Gasteiger partial charge in [0.05, 0.1) is 4.83 Å². The van der Waals surface area contributed by atoms with Crippen LogP contribution in [-0.4, -0.2) is 0 Å². The quantitative estimate of drug-likeness (QED) is 0.591. The monoisotopic (exact) mass is 366 g/mol. The number of rotatable bonds is 4. The molecule has 2 aromatic carbocycles. The van der Waals surface area contributed by atoms with Gasteiger partial charge in [-0.25, -0.2) is 0 Å². The third-order valence-electron chi connectivity index (χ3n) is 2.97. The van der Waals surface area contributed by atoms with E-state index in [1.54, 1.807) is 0 Å². The predicted molar refractivity (Wildman–Crippen MR) is 85.3 cm³/mol. The van der Waals surface area contributed by atoms with Crippen LogP contribution in [0.25, 0.3) is 0 Å². The Labute approximate surface area is 126 Å². The van der Waals surface area contributed by atoms with Crippen molar-refractivity contribution in [2.24, 2.45) is 0 Å². The Morgan fingerprint density at radius 2 is 1.39 bits per heavy atom. The van der Waals surface area contributed by atoms with Crippen LogP contribution in [0.1, 0.15) is 34.9 Å². The van der Waals surface area contributed by atoms with E-state index < -0.39 is 0 Å². The predicted octanol–water partition coefficient (Wildman–Crippen LogP) is 5.89. The Bertz CT molecular complexity index is 486. The molecule has 1 unspecified atom stereocenters. The van der Waals surface area contributed by atoms with Gasteiger partial charge in [-0.05, 0) is 35.2 Å². The van der Waals surface area contributed by atoms with Crippen molar-refractivity contribution in [3.05, 3.63) is 69.7 Å². The van der Waals surface area contributed by atoms with E-state index in [0.29, 0.717) is 0 Å². The van der Waals surface area contributed by atoms with Crippen molar-refractivity contribution >= 4 is 31.9 Å². The summed E-state index contributed by atoms with van der Waals surface area (Å²) >= 11 is 7.23. The third kappa shape index (κ3) is 3.46. The first-order chi connectivity index (χ1) is 8.70. The molecular formula is C16H16Br2. The first-order valence-electron chi connectivity index (χ1n) is 6.19. The van der Waals surface area contributed by atoms with Crippen molar-refractivity contribution in [3.63, 3.8) is 0 Å². The van der Waals surface area contributed by atoms with Crippen LogP contribution in [0, 0.1) is 0 Å². The van der Waals surface area contributed by atoms with Crippen molar-refractivity contribution in [3.8, 4) is 0 Å². The Morgan fingerprint density at radius 3 is 1.89 bits per heavy atom. The van der Waals surface area contributed by atoms with Crippen molar-refractivity contribution in [2.75, 3.05) is 0 Å². The molecule has 2 aromatic rings. The maximum atomic E-state index is 3.77. The molecule has 0 aliphatic heterocycles. The zero-order chi connectivity index (χ0) is 13.0. The number of benzene rings is 2. The molecule has 94 valence electrons. The van der Waals surface area contributed by atoms with Gasteiger partial charge in [0, 0.05) is 4.47 Å². The highest BCUT2D eigenvalue weighted by molar-refractivity contribution is 9.10. The second-order valence-corrected chi connectivity index (χ2v) is 6.24. The van der Waals surface area contributed by atoms with E-state index in [2.05, 4.69) is 87.3 Å². The summed E-state index contributed by atoms with van der Waals surface area (Å²) in [4.78, 5) is 0.265. The van der Waals surface area contributed by atoms with E-state index >= 15 is 0 Å². The second-order valence-electron chi connectivity index (χ2n) is 4.41. The number of halogens is 2. The normalized spacial score (nSPS) is 12.4. The molecule has 0 N–H and O–H groups in total. The van der Waals surface area contributed by atoms with Crippen LogP contribution in [0.15, 0.2) is 53.0 Å². The fourth-order valence-corrected chi connectivity index (χ4v) is 2.84. The van der Waals surface area contributed by atoms with E-state index in [0.717, 1.165) is 10.9 Å². The van der Waals surface area contributed by atoms with Gasteiger partial charge in [-0.15, -0.1) is 0 Å². The largest absolute Gasteiger partial charge is 0.0786 e. The molecular weight excluding hydrogens is 352 g/mol. The van der Waals surface area contributed by atoms with E-state index in [1.165, 1.54) is 23.1 Å². The molecule has 2 heteroatoms. The molecule has 0 spiro atoms. The maximum Gasteiger partial charge on any atom is 0.0644 e. The average molecular weight is 368 g/mol. The SMILES string of the molecule is CCCc1ccc(C(Br)c2ccc(Br)cc2)cc1. The fourth-order valence-electron chi connectivity index (χ4n) is 1.97. The van der Waals surface area contributed by atoms with Crippen LogP contribution in [0.3, 0.4) is 0 Å². The van der Waals surface area contributed by atoms with Gasteiger partial charge in [-0.1, -0.05) is 81.6 Å². The summed E-state index contributed by atoms with van der Waals surface area (Å²) in [5, 5.41) is 0. The Kier molecular flexibility index (Phi) is 5.02. The molecule has 18 heavy (non-hydrogen) atoms. The van der Waals surface area contributed by atoms with E-state index in [-0.39, 0.29) is 4.83 Å². The zero-order valence-corrected chi connectivity index (χ0v) is 13.5. The number of hydrogen-bond acceptors (Lipinski definition) is 0. The summed E-state index contributed by atoms with van der Waals surface area (Å²) in [6, 6.07) is 17.3. The molecule has 0 bridgehead atoms. The minimum atomic E-state index is 0.265. The minimum absolute atomic E-state index is 0.265. The smallest absolute Gasteiger partial charge is 0.0644 e. The van der Waals surface area contributed by atoms with Gasteiger partial charge >= 0.3 is 0 Å². The van der Waals surface area contributed by atoms with E-state index in [9.17, 15) is 0 Å². The van der Waals surface area contributed by atoms with E-state index in [1.807, 2.05) is 0 Å². The Hall–Kier alpha value is -0.600. The summed E-state index contributed by atoms with van der Waals surface area (Å²) in [6.45, 7) is 2.21. The summed E-state index contributed by atoms with van der Waals surface area (Å²) in [5.74, 6) is 0. The number of alkyl halides is 1. The van der Waals surface area contributed by atoms with Crippen LogP contribution < -0.4 is 0 Å². The molecule has 0 saturated carbocycles. The Morgan fingerprint density at radius 1 is 0.889 bits per heavy atom. The molecule has 0 radical (unpaired) electrons. The highest BCUT2D eigenvalue weighted by Crippen LogP contribution is 2.31. The van der Waals surface area contributed by atoms with Crippen LogP contribution in [0.2, 0.25) is 0 Å². The van der Waals surface area contributed by atoms with Gasteiger partial charge in [0.15, 0.2) is 0 Å². The summed E-state index contributed by atoms with van der Waals surface area (Å²) in [6.07, 6.45) is 2.36. The maximum absolute atomic E-state index is 3.77. The first-order valence-corrected chi connectivity index (χ1v) is 7.90. The lowest BCUT2D eigenvalue weighted by molar-refractivity contribution is 0.920. The van der Waals surface area contributed by atoms with Crippen molar-refractivity contribution in [1.29, 1.82) is 0 Å². The second kappa shape index (κ2) is 6.53. The molecule has 0 aliphatic rings. The molecule has 0 aliphatic carbocycles. The number of aryl methyl sites for hydroxylation is 1. The van der Waals surface area contributed by atoms with Gasteiger partial charge < -0.3 is 0 Å². The van der Waals surface area contributed by atoms with Gasteiger partial charge in [-0.3, -0.25) is 0 Å². The average Bonchev–Trinajstić information content (AvgIpc) is 2.40. The summed E-state index contributed by atoms with van der Waals surface area (Å²) < 4.78 is 1.12. The molecule has 0 heterocycles. The van der Waals surface area contributed by atoms with Crippen molar-refractivity contribution < 1.29 is 0 Å². The van der Waals surface area contributed by atoms with Crippen molar-refractivity contribution in [1.82, 2.24) is 0 Å². The Balaban J connectivity index is 2.17. The topological polar surface area (TPSA) is 0 Å². The van der Waals surface area contributed by atoms with Crippen LogP contribution in [-0.2, 0) is 6.42 Å². The molecule has 0 aromatic heterocycles. The minimum Gasteiger partial charge on any atom is -0.0786 e. The third-order valence-corrected chi connectivity index (χ3v) is 4.56. The molecule has 0 amide bonds. The molecule has 1 atom stereocenters.